The van der Waals surface area contributed by atoms with Crippen molar-refractivity contribution < 1.29 is 4.79 Å². The molecule has 5 nitrogen and oxygen atoms in total. The Kier molecular flexibility index (Phi) is 4.95. The third-order valence-electron chi connectivity index (χ3n) is 3.85. The number of anilines is 1. The van der Waals surface area contributed by atoms with Gasteiger partial charge in [-0.05, 0) is 46.0 Å². The monoisotopic (exact) mass is 276 g/mol. The van der Waals surface area contributed by atoms with E-state index in [2.05, 4.69) is 29.3 Å². The number of amides is 1. The smallest absolute Gasteiger partial charge is 0.272 e. The molecular weight excluding hydrogens is 252 g/mol. The van der Waals surface area contributed by atoms with Crippen molar-refractivity contribution >= 4 is 11.6 Å². The second kappa shape index (κ2) is 6.70. The number of piperidine rings is 1. The standard InChI is InChI=1S/C15H24N4O/c1-4-16-12-5-6-14(17-11-12)15(20)19-9-7-13(8-10-19)18(2)3/h5-6,11,13,16H,4,7-10H2,1-3H3. The highest BCUT2D eigenvalue weighted by atomic mass is 16.2. The zero-order chi connectivity index (χ0) is 14.5. The average molecular weight is 276 g/mol. The molecule has 2 rings (SSSR count). The molecule has 0 bridgehead atoms. The van der Waals surface area contributed by atoms with Gasteiger partial charge in [0.15, 0.2) is 0 Å². The summed E-state index contributed by atoms with van der Waals surface area (Å²) in [6.07, 6.45) is 3.80. The van der Waals surface area contributed by atoms with Gasteiger partial charge in [0.25, 0.3) is 5.91 Å². The first kappa shape index (κ1) is 14.8. The average Bonchev–Trinajstić information content (AvgIpc) is 2.48. The molecule has 1 N–H and O–H groups in total. The molecule has 110 valence electrons. The Morgan fingerprint density at radius 3 is 2.60 bits per heavy atom. The number of carbonyl (C=O) groups excluding carboxylic acids is 1. The van der Waals surface area contributed by atoms with Gasteiger partial charge in [-0.3, -0.25) is 4.79 Å². The maximum absolute atomic E-state index is 12.4. The van der Waals surface area contributed by atoms with Crippen molar-refractivity contribution in [1.82, 2.24) is 14.8 Å². The van der Waals surface area contributed by atoms with Gasteiger partial charge in [0.2, 0.25) is 0 Å². The fraction of sp³-hybridized carbons (Fsp3) is 0.600. The lowest BCUT2D eigenvalue weighted by Crippen LogP contribution is -2.44. The predicted octanol–water partition coefficient (Wildman–Crippen LogP) is 1.68. The van der Waals surface area contributed by atoms with Gasteiger partial charge >= 0.3 is 0 Å². The molecule has 1 fully saturated rings. The van der Waals surface area contributed by atoms with E-state index in [1.807, 2.05) is 17.9 Å². The summed E-state index contributed by atoms with van der Waals surface area (Å²) in [5.74, 6) is 0.0465. The largest absolute Gasteiger partial charge is 0.384 e. The number of nitrogens with zero attached hydrogens (tertiary/aromatic N) is 3. The molecular formula is C15H24N4O. The molecule has 1 saturated heterocycles. The van der Waals surface area contributed by atoms with Gasteiger partial charge in [0, 0.05) is 25.7 Å². The molecule has 1 aliphatic heterocycles. The summed E-state index contributed by atoms with van der Waals surface area (Å²) in [5, 5.41) is 3.18. The number of carbonyl (C=O) groups is 1. The number of pyridine rings is 1. The van der Waals surface area contributed by atoms with Crippen LogP contribution >= 0.6 is 0 Å². The van der Waals surface area contributed by atoms with Gasteiger partial charge in [-0.25, -0.2) is 4.98 Å². The highest BCUT2D eigenvalue weighted by Gasteiger charge is 2.25. The zero-order valence-corrected chi connectivity index (χ0v) is 12.6. The molecule has 2 heterocycles. The van der Waals surface area contributed by atoms with Gasteiger partial charge in [-0.15, -0.1) is 0 Å². The van der Waals surface area contributed by atoms with E-state index in [9.17, 15) is 4.79 Å². The Morgan fingerprint density at radius 2 is 2.10 bits per heavy atom. The molecule has 1 aromatic rings. The van der Waals surface area contributed by atoms with E-state index in [-0.39, 0.29) is 5.91 Å². The number of hydrogen-bond donors (Lipinski definition) is 1. The van der Waals surface area contributed by atoms with Crippen LogP contribution in [0.15, 0.2) is 18.3 Å². The van der Waals surface area contributed by atoms with E-state index in [0.29, 0.717) is 11.7 Å². The maximum atomic E-state index is 12.4. The maximum Gasteiger partial charge on any atom is 0.272 e. The van der Waals surface area contributed by atoms with E-state index in [1.54, 1.807) is 12.3 Å². The molecule has 0 radical (unpaired) electrons. The number of nitrogens with one attached hydrogen (secondary N) is 1. The molecule has 20 heavy (non-hydrogen) atoms. The minimum atomic E-state index is 0.0465. The quantitative estimate of drug-likeness (QED) is 0.909. The second-order valence-electron chi connectivity index (χ2n) is 5.45. The number of rotatable bonds is 4. The van der Waals surface area contributed by atoms with Crippen molar-refractivity contribution in [3.05, 3.63) is 24.0 Å². The lowest BCUT2D eigenvalue weighted by molar-refractivity contribution is 0.0657. The van der Waals surface area contributed by atoms with Crippen LogP contribution in [0.3, 0.4) is 0 Å². The van der Waals surface area contributed by atoms with Crippen LogP contribution in [0.2, 0.25) is 0 Å². The van der Waals surface area contributed by atoms with Crippen LogP contribution in [0.25, 0.3) is 0 Å². The van der Waals surface area contributed by atoms with Crippen molar-refractivity contribution in [2.75, 3.05) is 39.0 Å². The van der Waals surface area contributed by atoms with Crippen molar-refractivity contribution in [3.8, 4) is 0 Å². The number of hydrogen-bond acceptors (Lipinski definition) is 4. The molecule has 0 unspecified atom stereocenters. The van der Waals surface area contributed by atoms with Crippen LogP contribution in [-0.4, -0.2) is 60.5 Å². The van der Waals surface area contributed by atoms with Gasteiger partial charge in [0.05, 0.1) is 11.9 Å². The molecule has 0 atom stereocenters. The third kappa shape index (κ3) is 3.48. The molecule has 0 spiro atoms. The van der Waals surface area contributed by atoms with Crippen LogP contribution < -0.4 is 5.32 Å². The van der Waals surface area contributed by atoms with Crippen molar-refractivity contribution in [3.63, 3.8) is 0 Å². The number of likely N-dealkylation sites (tertiary alicyclic amines) is 1. The van der Waals surface area contributed by atoms with Crippen LogP contribution in [0.1, 0.15) is 30.3 Å². The minimum absolute atomic E-state index is 0.0465. The minimum Gasteiger partial charge on any atom is -0.384 e. The normalized spacial score (nSPS) is 16.5. The molecule has 0 aromatic carbocycles. The van der Waals surface area contributed by atoms with Gasteiger partial charge in [0.1, 0.15) is 5.69 Å². The Morgan fingerprint density at radius 1 is 1.40 bits per heavy atom. The van der Waals surface area contributed by atoms with E-state index in [0.717, 1.165) is 38.2 Å². The molecule has 1 aliphatic rings. The van der Waals surface area contributed by atoms with Crippen LogP contribution in [0.5, 0.6) is 0 Å². The number of aromatic nitrogens is 1. The Balaban J connectivity index is 1.94. The van der Waals surface area contributed by atoms with Crippen LogP contribution in [0, 0.1) is 0 Å². The van der Waals surface area contributed by atoms with Gasteiger partial charge in [-0.1, -0.05) is 0 Å². The van der Waals surface area contributed by atoms with Crippen LogP contribution in [0.4, 0.5) is 5.69 Å². The zero-order valence-electron chi connectivity index (χ0n) is 12.6. The first-order valence-corrected chi connectivity index (χ1v) is 7.27. The van der Waals surface area contributed by atoms with Crippen molar-refractivity contribution in [2.24, 2.45) is 0 Å². The first-order valence-electron chi connectivity index (χ1n) is 7.27. The van der Waals surface area contributed by atoms with E-state index in [1.165, 1.54) is 0 Å². The predicted molar refractivity (Wildman–Crippen MR) is 81.0 cm³/mol. The SMILES string of the molecule is CCNc1ccc(C(=O)N2CCC(N(C)C)CC2)nc1. The fourth-order valence-corrected chi connectivity index (χ4v) is 2.58. The summed E-state index contributed by atoms with van der Waals surface area (Å²) in [7, 11) is 4.20. The lowest BCUT2D eigenvalue weighted by atomic mass is 10.0. The fourth-order valence-electron chi connectivity index (χ4n) is 2.58. The summed E-state index contributed by atoms with van der Waals surface area (Å²) < 4.78 is 0. The van der Waals surface area contributed by atoms with Crippen molar-refractivity contribution in [2.45, 2.75) is 25.8 Å². The van der Waals surface area contributed by atoms with Gasteiger partial charge in [-0.2, -0.15) is 0 Å². The molecule has 0 saturated carbocycles. The Bertz CT molecular complexity index is 436. The Labute approximate surface area is 121 Å². The van der Waals surface area contributed by atoms with E-state index in [4.69, 9.17) is 0 Å². The third-order valence-corrected chi connectivity index (χ3v) is 3.85. The molecule has 5 heteroatoms. The molecule has 1 amide bonds. The molecule has 0 aliphatic carbocycles. The summed E-state index contributed by atoms with van der Waals surface area (Å²) in [5.41, 5.74) is 1.49. The van der Waals surface area contributed by atoms with E-state index < -0.39 is 0 Å². The summed E-state index contributed by atoms with van der Waals surface area (Å²) in [6.45, 7) is 4.53. The highest BCUT2D eigenvalue weighted by Crippen LogP contribution is 2.16. The lowest BCUT2D eigenvalue weighted by Gasteiger charge is -2.35. The summed E-state index contributed by atoms with van der Waals surface area (Å²) in [4.78, 5) is 20.8. The Hall–Kier alpha value is -1.62. The second-order valence-corrected chi connectivity index (χ2v) is 5.45. The topological polar surface area (TPSA) is 48.5 Å². The van der Waals surface area contributed by atoms with Crippen LogP contribution in [-0.2, 0) is 0 Å². The summed E-state index contributed by atoms with van der Waals surface area (Å²) >= 11 is 0. The summed E-state index contributed by atoms with van der Waals surface area (Å²) in [6, 6.07) is 4.30. The van der Waals surface area contributed by atoms with E-state index >= 15 is 0 Å². The van der Waals surface area contributed by atoms with Crippen molar-refractivity contribution in [1.29, 1.82) is 0 Å². The first-order chi connectivity index (χ1) is 9.61. The molecule has 1 aromatic heterocycles. The van der Waals surface area contributed by atoms with Gasteiger partial charge < -0.3 is 15.1 Å². The highest BCUT2D eigenvalue weighted by molar-refractivity contribution is 5.92.